The van der Waals surface area contributed by atoms with Crippen LogP contribution in [-0.2, 0) is 0 Å². The van der Waals surface area contributed by atoms with Crippen molar-refractivity contribution in [1.29, 1.82) is 0 Å². The summed E-state index contributed by atoms with van der Waals surface area (Å²) >= 11 is 0. The van der Waals surface area contributed by atoms with E-state index in [0.717, 1.165) is 31.0 Å². The zero-order valence-corrected chi connectivity index (χ0v) is 11.2. The summed E-state index contributed by atoms with van der Waals surface area (Å²) in [6, 6.07) is 2.80. The van der Waals surface area contributed by atoms with E-state index in [4.69, 9.17) is 0 Å². The van der Waals surface area contributed by atoms with Gasteiger partial charge in [-0.3, -0.25) is 0 Å². The minimum absolute atomic E-state index is 0.899. The van der Waals surface area contributed by atoms with E-state index in [9.17, 15) is 0 Å². The van der Waals surface area contributed by atoms with Crippen molar-refractivity contribution < 1.29 is 4.90 Å². The lowest BCUT2D eigenvalue weighted by atomic mass is 10.1. The molecule has 1 saturated heterocycles. The van der Waals surface area contributed by atoms with Gasteiger partial charge in [-0.2, -0.15) is 0 Å². The van der Waals surface area contributed by atoms with Crippen molar-refractivity contribution in [2.24, 2.45) is 5.92 Å². The Morgan fingerprint density at radius 1 is 1.17 bits per heavy atom. The Bertz CT molecular complexity index is 373. The molecule has 4 nitrogen and oxygen atoms in total. The lowest BCUT2D eigenvalue weighted by molar-refractivity contribution is -0.925. The maximum absolute atomic E-state index is 4.34. The number of hydrogen-bond donors (Lipinski definition) is 1. The molecule has 18 heavy (non-hydrogen) atoms. The molecule has 2 fully saturated rings. The molecule has 0 bridgehead atoms. The van der Waals surface area contributed by atoms with Crippen molar-refractivity contribution in [2.75, 3.05) is 31.1 Å². The number of nitrogens with one attached hydrogen (secondary N) is 1. The van der Waals surface area contributed by atoms with Gasteiger partial charge in [0.05, 0.1) is 32.2 Å². The van der Waals surface area contributed by atoms with Crippen LogP contribution in [0.3, 0.4) is 0 Å². The number of rotatable bonds is 2. The molecule has 1 N–H and O–H groups in total. The molecular weight excluding hydrogens is 224 g/mol. The van der Waals surface area contributed by atoms with E-state index < -0.39 is 0 Å². The second kappa shape index (κ2) is 5.22. The molecule has 1 aliphatic carbocycles. The van der Waals surface area contributed by atoms with Crippen LogP contribution in [0.25, 0.3) is 0 Å². The quantitative estimate of drug-likeness (QED) is 0.820. The smallest absolute Gasteiger partial charge is 0.225 e. The first-order valence-electron chi connectivity index (χ1n) is 7.19. The average molecular weight is 247 g/mol. The summed E-state index contributed by atoms with van der Waals surface area (Å²) in [7, 11) is 0. The standard InChI is InChI=1S/C14H22N4/c1-12-3-4-13(11-12)17-7-9-18(10-8-17)14-15-5-2-6-16-14/h2,5-6,12-13H,3-4,7-11H2,1H3/p+1/t12-,13-/m1/s1. The van der Waals surface area contributed by atoms with Crippen LogP contribution in [0.2, 0.25) is 0 Å². The highest BCUT2D eigenvalue weighted by Crippen LogP contribution is 2.23. The fourth-order valence-electron chi connectivity index (χ4n) is 3.43. The number of nitrogens with zero attached hydrogens (tertiary/aromatic N) is 3. The number of piperazine rings is 1. The van der Waals surface area contributed by atoms with Crippen molar-refractivity contribution in [3.8, 4) is 0 Å². The van der Waals surface area contributed by atoms with E-state index in [-0.39, 0.29) is 0 Å². The predicted molar refractivity (Wildman–Crippen MR) is 71.7 cm³/mol. The Morgan fingerprint density at radius 3 is 2.50 bits per heavy atom. The Hall–Kier alpha value is -1.16. The molecule has 4 heteroatoms. The van der Waals surface area contributed by atoms with Gasteiger partial charge in [-0.15, -0.1) is 0 Å². The molecule has 0 aromatic carbocycles. The zero-order valence-electron chi connectivity index (χ0n) is 11.2. The monoisotopic (exact) mass is 247 g/mol. The van der Waals surface area contributed by atoms with Gasteiger partial charge in [0.25, 0.3) is 0 Å². The first kappa shape index (κ1) is 11.9. The maximum atomic E-state index is 4.34. The molecule has 0 amide bonds. The lowest BCUT2D eigenvalue weighted by Crippen LogP contribution is -3.18. The van der Waals surface area contributed by atoms with Crippen LogP contribution in [-0.4, -0.2) is 42.2 Å². The number of hydrogen-bond acceptors (Lipinski definition) is 3. The predicted octanol–water partition coefficient (Wildman–Crippen LogP) is 0.370. The van der Waals surface area contributed by atoms with Gasteiger partial charge in [-0.05, 0) is 24.8 Å². The van der Waals surface area contributed by atoms with Crippen LogP contribution < -0.4 is 9.80 Å². The molecule has 1 aromatic heterocycles. The Kier molecular flexibility index (Phi) is 3.46. The summed E-state index contributed by atoms with van der Waals surface area (Å²) in [5.74, 6) is 1.84. The maximum Gasteiger partial charge on any atom is 0.225 e. The molecule has 0 spiro atoms. The topological polar surface area (TPSA) is 33.5 Å². The largest absolute Gasteiger partial charge is 0.330 e. The van der Waals surface area contributed by atoms with Crippen molar-refractivity contribution in [3.05, 3.63) is 18.5 Å². The summed E-state index contributed by atoms with van der Waals surface area (Å²) < 4.78 is 0. The van der Waals surface area contributed by atoms with E-state index in [2.05, 4.69) is 21.8 Å². The van der Waals surface area contributed by atoms with Gasteiger partial charge in [0.2, 0.25) is 5.95 Å². The highest BCUT2D eigenvalue weighted by molar-refractivity contribution is 5.28. The third-order valence-electron chi connectivity index (χ3n) is 4.51. The van der Waals surface area contributed by atoms with Gasteiger partial charge in [0.15, 0.2) is 0 Å². The van der Waals surface area contributed by atoms with Crippen LogP contribution in [0.4, 0.5) is 5.95 Å². The summed E-state index contributed by atoms with van der Waals surface area (Å²) in [6.45, 7) is 7.09. The van der Waals surface area contributed by atoms with Crippen molar-refractivity contribution in [3.63, 3.8) is 0 Å². The highest BCUT2D eigenvalue weighted by Gasteiger charge is 2.32. The van der Waals surface area contributed by atoms with Gasteiger partial charge in [0.1, 0.15) is 0 Å². The van der Waals surface area contributed by atoms with Gasteiger partial charge >= 0.3 is 0 Å². The summed E-state index contributed by atoms with van der Waals surface area (Å²) in [4.78, 5) is 12.8. The fraction of sp³-hybridized carbons (Fsp3) is 0.714. The molecule has 2 heterocycles. The van der Waals surface area contributed by atoms with Gasteiger partial charge < -0.3 is 9.80 Å². The Labute approximate surface area is 109 Å². The molecular formula is C14H23N4+. The molecule has 1 aromatic rings. The molecule has 2 aliphatic rings. The average Bonchev–Trinajstić information content (AvgIpc) is 2.87. The summed E-state index contributed by atoms with van der Waals surface area (Å²) in [5, 5.41) is 0. The van der Waals surface area contributed by atoms with Crippen LogP contribution >= 0.6 is 0 Å². The number of quaternary nitrogens is 1. The summed E-state index contributed by atoms with van der Waals surface area (Å²) in [5.41, 5.74) is 0. The van der Waals surface area contributed by atoms with E-state index >= 15 is 0 Å². The molecule has 0 radical (unpaired) electrons. The van der Waals surface area contributed by atoms with Crippen LogP contribution in [0.15, 0.2) is 18.5 Å². The third kappa shape index (κ3) is 2.48. The van der Waals surface area contributed by atoms with Crippen molar-refractivity contribution in [1.82, 2.24) is 9.97 Å². The third-order valence-corrected chi connectivity index (χ3v) is 4.51. The first-order chi connectivity index (χ1) is 8.83. The van der Waals surface area contributed by atoms with E-state index in [1.807, 2.05) is 23.4 Å². The second-order valence-corrected chi connectivity index (χ2v) is 5.81. The molecule has 0 unspecified atom stereocenters. The second-order valence-electron chi connectivity index (χ2n) is 5.81. The fourth-order valence-corrected chi connectivity index (χ4v) is 3.43. The van der Waals surface area contributed by atoms with Crippen LogP contribution in [0, 0.1) is 5.92 Å². The first-order valence-corrected chi connectivity index (χ1v) is 7.19. The number of anilines is 1. The van der Waals surface area contributed by atoms with Gasteiger partial charge in [-0.1, -0.05) is 6.92 Å². The van der Waals surface area contributed by atoms with E-state index in [0.29, 0.717) is 0 Å². The van der Waals surface area contributed by atoms with Crippen LogP contribution in [0.1, 0.15) is 26.2 Å². The normalized spacial score (nSPS) is 29.7. The summed E-state index contributed by atoms with van der Waals surface area (Å²) in [6.07, 6.45) is 7.95. The van der Waals surface area contributed by atoms with Crippen LogP contribution in [0.5, 0.6) is 0 Å². The molecule has 98 valence electrons. The Balaban J connectivity index is 1.55. The molecule has 1 aliphatic heterocycles. The van der Waals surface area contributed by atoms with Crippen molar-refractivity contribution in [2.45, 2.75) is 32.2 Å². The minimum Gasteiger partial charge on any atom is -0.330 e. The molecule has 2 atom stereocenters. The van der Waals surface area contributed by atoms with Gasteiger partial charge in [0, 0.05) is 18.8 Å². The lowest BCUT2D eigenvalue weighted by Gasteiger charge is -2.35. The Morgan fingerprint density at radius 2 is 1.89 bits per heavy atom. The number of aromatic nitrogens is 2. The molecule has 3 rings (SSSR count). The van der Waals surface area contributed by atoms with E-state index in [1.54, 1.807) is 0 Å². The van der Waals surface area contributed by atoms with Gasteiger partial charge in [-0.25, -0.2) is 9.97 Å². The SMILES string of the molecule is C[C@@H]1CC[C@@H]([NH+]2CCN(c3ncccn3)CC2)C1. The highest BCUT2D eigenvalue weighted by atomic mass is 15.3. The zero-order chi connectivity index (χ0) is 12.4. The minimum atomic E-state index is 0.899. The van der Waals surface area contributed by atoms with E-state index in [1.165, 1.54) is 32.4 Å². The van der Waals surface area contributed by atoms with Crippen molar-refractivity contribution >= 4 is 5.95 Å². The molecule has 1 saturated carbocycles.